The van der Waals surface area contributed by atoms with E-state index < -0.39 is 72.2 Å². The number of carbonyl (C=O) groups excluding carboxylic acids is 2. The van der Waals surface area contributed by atoms with Gasteiger partial charge in [0.05, 0.1) is 0 Å². The minimum Gasteiger partial charge on any atom is -0.494 e. The predicted molar refractivity (Wildman–Crippen MR) is 114 cm³/mol. The number of amides is 3. The van der Waals surface area contributed by atoms with Gasteiger partial charge in [0.25, 0.3) is 11.5 Å². The summed E-state index contributed by atoms with van der Waals surface area (Å²) >= 11 is 0. The molecule has 14 heteroatoms. The molecule has 1 saturated heterocycles. The molecular weight excluding hydrogens is 461 g/mol. The van der Waals surface area contributed by atoms with E-state index in [2.05, 4.69) is 5.32 Å². The number of nitrogen functional groups attached to an aromatic ring is 1. The Labute approximate surface area is 191 Å². The van der Waals surface area contributed by atoms with Crippen molar-refractivity contribution in [2.75, 3.05) is 7.05 Å². The summed E-state index contributed by atoms with van der Waals surface area (Å²) in [7, 11) is 1.39. The van der Waals surface area contributed by atoms with Crippen LogP contribution in [0.25, 0.3) is 0 Å². The fourth-order valence-corrected chi connectivity index (χ4v) is 4.63. The van der Waals surface area contributed by atoms with E-state index in [1.165, 1.54) is 7.05 Å². The number of carbonyl (C=O) groups is 2. The Hall–Kier alpha value is -3.32. The highest BCUT2D eigenvalue weighted by molar-refractivity contribution is 6.03. The standard InChI is InChI=1S/C20H27F3N6O5/c1-27-15(30)12(26-18(27)33)9-10-3-5-11(6-4-10)29-17(32)13(14(24)25)16(31)28(19(29)34)8-2-7-20(21,22)23/h10-12,31H,2-9H2,1H3,(H3,24,25)(H,26,33)/t10?,11?,12-/m1/s1. The predicted octanol–water partition coefficient (Wildman–Crippen LogP) is 1.01. The summed E-state index contributed by atoms with van der Waals surface area (Å²) in [6.45, 7) is -0.503. The summed E-state index contributed by atoms with van der Waals surface area (Å²) in [5.74, 6) is -2.00. The van der Waals surface area contributed by atoms with Crippen molar-refractivity contribution in [1.29, 1.82) is 5.41 Å². The monoisotopic (exact) mass is 488 g/mol. The van der Waals surface area contributed by atoms with Crippen molar-refractivity contribution in [3.8, 4) is 5.88 Å². The van der Waals surface area contributed by atoms with E-state index in [0.717, 1.165) is 9.47 Å². The molecule has 0 radical (unpaired) electrons. The highest BCUT2D eigenvalue weighted by Gasteiger charge is 2.38. The Morgan fingerprint density at radius 2 is 1.79 bits per heavy atom. The van der Waals surface area contributed by atoms with E-state index in [9.17, 15) is 37.5 Å². The van der Waals surface area contributed by atoms with E-state index in [1.807, 2.05) is 0 Å². The second kappa shape index (κ2) is 9.50. The number of likely N-dealkylation sites (N-methyl/N-ethyl adjacent to an activating group) is 1. The molecule has 2 heterocycles. The molecule has 0 spiro atoms. The normalized spacial score (nSPS) is 23.3. The lowest BCUT2D eigenvalue weighted by Gasteiger charge is -2.31. The molecule has 0 unspecified atom stereocenters. The molecule has 3 amide bonds. The van der Waals surface area contributed by atoms with Gasteiger partial charge in [-0.05, 0) is 44.4 Å². The maximum absolute atomic E-state index is 13.0. The molecule has 11 nitrogen and oxygen atoms in total. The number of nitrogens with one attached hydrogen (secondary N) is 2. The summed E-state index contributed by atoms with van der Waals surface area (Å²) in [5, 5.41) is 20.5. The summed E-state index contributed by atoms with van der Waals surface area (Å²) in [6.07, 6.45) is -3.96. The topological polar surface area (TPSA) is 164 Å². The third-order valence-electron chi connectivity index (χ3n) is 6.44. The number of hydrogen-bond acceptors (Lipinski definition) is 6. The highest BCUT2D eigenvalue weighted by Crippen LogP contribution is 2.34. The smallest absolute Gasteiger partial charge is 0.389 e. The van der Waals surface area contributed by atoms with Crippen molar-refractivity contribution < 1.29 is 27.9 Å². The molecule has 1 saturated carbocycles. The lowest BCUT2D eigenvalue weighted by Crippen LogP contribution is -2.46. The number of imide groups is 1. The fourth-order valence-electron chi connectivity index (χ4n) is 4.63. The summed E-state index contributed by atoms with van der Waals surface area (Å²) in [4.78, 5) is 50.6. The summed E-state index contributed by atoms with van der Waals surface area (Å²) in [5.41, 5.74) is 2.87. The van der Waals surface area contributed by atoms with Crippen LogP contribution in [0.2, 0.25) is 0 Å². The van der Waals surface area contributed by atoms with E-state index >= 15 is 0 Å². The number of halogens is 3. The molecule has 1 aromatic heterocycles. The molecule has 1 aromatic rings. The first-order valence-electron chi connectivity index (χ1n) is 10.9. The van der Waals surface area contributed by atoms with Crippen LogP contribution in [0, 0.1) is 11.3 Å². The van der Waals surface area contributed by atoms with E-state index in [4.69, 9.17) is 11.1 Å². The first-order valence-corrected chi connectivity index (χ1v) is 10.9. The van der Waals surface area contributed by atoms with Gasteiger partial charge in [0, 0.05) is 26.1 Å². The zero-order valence-corrected chi connectivity index (χ0v) is 18.5. The van der Waals surface area contributed by atoms with Gasteiger partial charge in [-0.2, -0.15) is 13.2 Å². The molecule has 1 aliphatic heterocycles. The quantitative estimate of drug-likeness (QED) is 0.254. The Balaban J connectivity index is 1.80. The zero-order valence-electron chi connectivity index (χ0n) is 18.5. The van der Waals surface area contributed by atoms with Crippen molar-refractivity contribution in [1.82, 2.24) is 19.4 Å². The van der Waals surface area contributed by atoms with E-state index in [0.29, 0.717) is 36.7 Å². The Kier molecular flexibility index (Phi) is 7.07. The minimum atomic E-state index is -4.45. The molecule has 188 valence electrons. The number of rotatable bonds is 7. The maximum atomic E-state index is 13.0. The second-order valence-corrected chi connectivity index (χ2v) is 8.75. The molecule has 0 bridgehead atoms. The number of alkyl halides is 3. The van der Waals surface area contributed by atoms with Gasteiger partial charge < -0.3 is 16.2 Å². The summed E-state index contributed by atoms with van der Waals surface area (Å²) < 4.78 is 39.1. The third-order valence-corrected chi connectivity index (χ3v) is 6.44. The van der Waals surface area contributed by atoms with Gasteiger partial charge >= 0.3 is 17.9 Å². The van der Waals surface area contributed by atoms with E-state index in [-0.39, 0.29) is 11.8 Å². The number of nitrogens with zero attached hydrogens (tertiary/aromatic N) is 3. The Morgan fingerprint density at radius 3 is 2.29 bits per heavy atom. The molecule has 2 aliphatic rings. The molecular formula is C20H27F3N6O5. The lowest BCUT2D eigenvalue weighted by atomic mass is 9.82. The van der Waals surface area contributed by atoms with Crippen LogP contribution in [-0.2, 0) is 11.3 Å². The van der Waals surface area contributed by atoms with E-state index in [1.54, 1.807) is 0 Å². The maximum Gasteiger partial charge on any atom is 0.389 e. The van der Waals surface area contributed by atoms with Crippen molar-refractivity contribution in [2.45, 2.75) is 69.8 Å². The first-order chi connectivity index (χ1) is 15.8. The highest BCUT2D eigenvalue weighted by atomic mass is 19.4. The van der Waals surface area contributed by atoms with Crippen molar-refractivity contribution in [3.63, 3.8) is 0 Å². The third kappa shape index (κ3) is 5.09. The van der Waals surface area contributed by atoms with Gasteiger partial charge in [-0.3, -0.25) is 29.0 Å². The Morgan fingerprint density at radius 1 is 1.18 bits per heavy atom. The van der Waals surface area contributed by atoms with Crippen molar-refractivity contribution >= 4 is 17.8 Å². The van der Waals surface area contributed by atoms with Crippen LogP contribution in [0.3, 0.4) is 0 Å². The van der Waals surface area contributed by atoms with Crippen LogP contribution < -0.4 is 22.3 Å². The van der Waals surface area contributed by atoms with Crippen molar-refractivity contribution in [3.05, 3.63) is 26.4 Å². The second-order valence-electron chi connectivity index (χ2n) is 8.75. The van der Waals surface area contributed by atoms with Gasteiger partial charge in [-0.25, -0.2) is 9.59 Å². The SMILES string of the molecule is CN1C(=O)N[C@H](CC2CCC(n3c(=O)c(C(=N)N)c(O)n(CCCC(F)(F)F)c3=O)CC2)C1=O. The minimum absolute atomic E-state index is 0.0473. The van der Waals surface area contributed by atoms with Crippen molar-refractivity contribution in [2.24, 2.45) is 11.7 Å². The zero-order chi connectivity index (χ0) is 25.4. The lowest BCUT2D eigenvalue weighted by molar-refractivity contribution is -0.136. The average Bonchev–Trinajstić information content (AvgIpc) is 2.97. The largest absolute Gasteiger partial charge is 0.494 e. The Bertz CT molecular complexity index is 1100. The molecule has 1 aliphatic carbocycles. The van der Waals surface area contributed by atoms with Gasteiger partial charge in [0.15, 0.2) is 0 Å². The number of amidine groups is 1. The van der Waals surface area contributed by atoms with Crippen LogP contribution in [0.5, 0.6) is 5.88 Å². The molecule has 0 aromatic carbocycles. The summed E-state index contributed by atoms with van der Waals surface area (Å²) in [6, 6.07) is -1.71. The van der Waals surface area contributed by atoms with Crippen LogP contribution >= 0.6 is 0 Å². The van der Waals surface area contributed by atoms with Gasteiger partial charge in [0.1, 0.15) is 17.4 Å². The number of aromatic hydroxyl groups is 1. The molecule has 5 N–H and O–H groups in total. The van der Waals surface area contributed by atoms with Gasteiger partial charge in [-0.15, -0.1) is 0 Å². The van der Waals surface area contributed by atoms with Crippen LogP contribution in [0.4, 0.5) is 18.0 Å². The number of aromatic nitrogens is 2. The van der Waals surface area contributed by atoms with Gasteiger partial charge in [0.2, 0.25) is 5.88 Å². The molecule has 34 heavy (non-hydrogen) atoms. The van der Waals surface area contributed by atoms with Crippen LogP contribution in [0.1, 0.15) is 56.6 Å². The molecule has 3 rings (SSSR count). The average molecular weight is 488 g/mol. The fraction of sp³-hybridized carbons (Fsp3) is 0.650. The molecule has 2 fully saturated rings. The van der Waals surface area contributed by atoms with Crippen LogP contribution in [-0.4, -0.2) is 56.2 Å². The van der Waals surface area contributed by atoms with Gasteiger partial charge in [-0.1, -0.05) is 0 Å². The number of urea groups is 1. The number of nitrogens with two attached hydrogens (primary N) is 1. The number of hydrogen-bond donors (Lipinski definition) is 4. The molecule has 1 atom stereocenters. The first kappa shape index (κ1) is 25.3. The van der Waals surface area contributed by atoms with Crippen LogP contribution in [0.15, 0.2) is 9.59 Å².